The molecule has 1 N–H and O–H groups in total. The molecule has 8 heavy (non-hydrogen) atoms. The van der Waals surface area contributed by atoms with Crippen molar-refractivity contribution in [2.75, 3.05) is 5.75 Å². The second-order valence-corrected chi connectivity index (χ2v) is 3.11. The Bertz CT molecular complexity index is 90.4. The van der Waals surface area contributed by atoms with Crippen molar-refractivity contribution in [2.24, 2.45) is 0 Å². The average molecular weight is 148 g/mol. The second kappa shape index (κ2) is 5.28. The number of hydrogen-bond donors (Lipinski definition) is 1. The smallest absolute Gasteiger partial charge is 0.0610 e. The van der Waals surface area contributed by atoms with E-state index in [0.29, 0.717) is 16.3 Å². The van der Waals surface area contributed by atoms with E-state index in [9.17, 15) is 0 Å². The van der Waals surface area contributed by atoms with E-state index in [0.717, 1.165) is 5.75 Å². The third-order valence-electron chi connectivity index (χ3n) is 0.464. The van der Waals surface area contributed by atoms with Crippen molar-refractivity contribution in [1.29, 1.82) is 0 Å². The van der Waals surface area contributed by atoms with Crippen LogP contribution in [0.1, 0.15) is 0 Å². The van der Waals surface area contributed by atoms with Crippen molar-refractivity contribution in [3.63, 3.8) is 0 Å². The average Bonchev–Trinajstić information content (AvgIpc) is 1.83. The fourth-order valence-electron chi connectivity index (χ4n) is 0.178. The molecule has 46 valence electrons. The van der Waals surface area contributed by atoms with Crippen LogP contribution in [0, 0.1) is 0 Å². The van der Waals surface area contributed by atoms with E-state index in [1.807, 2.05) is 0 Å². The second-order valence-electron chi connectivity index (χ2n) is 1.06. The SMILES string of the molecule is C=CCSC(=C)SO. The van der Waals surface area contributed by atoms with Gasteiger partial charge in [-0.05, 0) is 0 Å². The zero-order chi connectivity index (χ0) is 6.41. The highest BCUT2D eigenvalue weighted by Crippen LogP contribution is 2.22. The molecule has 0 radical (unpaired) electrons. The van der Waals surface area contributed by atoms with E-state index in [2.05, 4.69) is 13.2 Å². The van der Waals surface area contributed by atoms with Gasteiger partial charge in [-0.2, -0.15) is 0 Å². The van der Waals surface area contributed by atoms with Gasteiger partial charge in [0.25, 0.3) is 0 Å². The lowest BCUT2D eigenvalue weighted by Gasteiger charge is -1.92. The van der Waals surface area contributed by atoms with Crippen molar-refractivity contribution in [3.05, 3.63) is 23.5 Å². The van der Waals surface area contributed by atoms with Gasteiger partial charge >= 0.3 is 0 Å². The molecule has 0 aliphatic carbocycles. The van der Waals surface area contributed by atoms with Crippen LogP contribution in [0.4, 0.5) is 0 Å². The van der Waals surface area contributed by atoms with Crippen molar-refractivity contribution in [1.82, 2.24) is 0 Å². The molecule has 0 aromatic rings. The summed E-state index contributed by atoms with van der Waals surface area (Å²) in [6, 6.07) is 0. The van der Waals surface area contributed by atoms with Crippen LogP contribution in [-0.4, -0.2) is 10.3 Å². The van der Waals surface area contributed by atoms with Crippen molar-refractivity contribution < 1.29 is 4.55 Å². The summed E-state index contributed by atoms with van der Waals surface area (Å²) < 4.78 is 9.04. The first-order valence-corrected chi connectivity index (χ1v) is 3.81. The normalized spacial score (nSPS) is 8.62. The van der Waals surface area contributed by atoms with E-state index in [4.69, 9.17) is 4.55 Å². The van der Waals surface area contributed by atoms with E-state index >= 15 is 0 Å². The van der Waals surface area contributed by atoms with Crippen LogP contribution < -0.4 is 0 Å². The van der Waals surface area contributed by atoms with Crippen LogP contribution in [0.2, 0.25) is 0 Å². The van der Waals surface area contributed by atoms with Gasteiger partial charge in [0.1, 0.15) is 0 Å². The third kappa shape index (κ3) is 4.30. The first-order chi connectivity index (χ1) is 3.81. The third-order valence-corrected chi connectivity index (χ3v) is 1.97. The maximum Gasteiger partial charge on any atom is 0.0610 e. The minimum Gasteiger partial charge on any atom is -0.325 e. The molecule has 0 amide bonds. The van der Waals surface area contributed by atoms with Crippen molar-refractivity contribution in [2.45, 2.75) is 0 Å². The lowest BCUT2D eigenvalue weighted by atomic mass is 10.8. The lowest BCUT2D eigenvalue weighted by molar-refractivity contribution is 0.671. The minimum atomic E-state index is 0.685. The van der Waals surface area contributed by atoms with Gasteiger partial charge in [0.05, 0.1) is 4.24 Å². The zero-order valence-electron chi connectivity index (χ0n) is 4.46. The highest BCUT2D eigenvalue weighted by molar-refractivity contribution is 8.20. The summed E-state index contributed by atoms with van der Waals surface area (Å²) in [7, 11) is 0. The quantitative estimate of drug-likeness (QED) is 0.489. The van der Waals surface area contributed by atoms with Gasteiger partial charge < -0.3 is 4.55 Å². The molecule has 3 heteroatoms. The predicted octanol–water partition coefficient (Wildman–Crippen LogP) is 2.58. The largest absolute Gasteiger partial charge is 0.325 e. The van der Waals surface area contributed by atoms with Crippen molar-refractivity contribution >= 4 is 23.8 Å². The molecule has 0 rings (SSSR count). The van der Waals surface area contributed by atoms with Gasteiger partial charge in [-0.3, -0.25) is 0 Å². The number of rotatable bonds is 4. The summed E-state index contributed by atoms with van der Waals surface area (Å²) in [6.45, 7) is 7.05. The predicted molar refractivity (Wildman–Crippen MR) is 42.0 cm³/mol. The van der Waals surface area contributed by atoms with Crippen LogP contribution in [0.15, 0.2) is 23.5 Å². The molecule has 0 aromatic carbocycles. The molecule has 0 aliphatic heterocycles. The number of thioether (sulfide) groups is 1. The summed E-state index contributed by atoms with van der Waals surface area (Å²) >= 11 is 2.16. The fourth-order valence-corrected chi connectivity index (χ4v) is 0.897. The molecular weight excluding hydrogens is 140 g/mol. The van der Waals surface area contributed by atoms with Gasteiger partial charge in [-0.25, -0.2) is 0 Å². The van der Waals surface area contributed by atoms with Crippen LogP contribution in [0.3, 0.4) is 0 Å². The maximum atomic E-state index is 8.32. The van der Waals surface area contributed by atoms with Gasteiger partial charge in [-0.1, -0.05) is 12.7 Å². The molecule has 0 unspecified atom stereocenters. The first-order valence-electron chi connectivity index (χ1n) is 2.05. The van der Waals surface area contributed by atoms with Gasteiger partial charge in [0.15, 0.2) is 0 Å². The van der Waals surface area contributed by atoms with E-state index in [1.165, 1.54) is 11.8 Å². The maximum absolute atomic E-state index is 8.32. The summed E-state index contributed by atoms with van der Waals surface area (Å²) in [4.78, 5) is 0. The van der Waals surface area contributed by atoms with E-state index < -0.39 is 0 Å². The van der Waals surface area contributed by atoms with Crippen LogP contribution in [-0.2, 0) is 0 Å². The lowest BCUT2D eigenvalue weighted by Crippen LogP contribution is -1.67. The minimum absolute atomic E-state index is 0.685. The summed E-state index contributed by atoms with van der Waals surface area (Å²) in [5, 5.41) is 0. The Kier molecular flexibility index (Phi) is 5.37. The molecule has 0 bridgehead atoms. The summed E-state index contributed by atoms with van der Waals surface area (Å²) in [5.41, 5.74) is 0. The highest BCUT2D eigenvalue weighted by atomic mass is 32.2. The molecule has 0 spiro atoms. The molecule has 0 heterocycles. The van der Waals surface area contributed by atoms with Gasteiger partial charge in [0, 0.05) is 17.8 Å². The molecule has 1 nitrogen and oxygen atoms in total. The summed E-state index contributed by atoms with van der Waals surface area (Å²) in [6.07, 6.45) is 1.77. The topological polar surface area (TPSA) is 20.2 Å². The Labute approximate surface area is 58.1 Å². The number of hydrogen-bond acceptors (Lipinski definition) is 3. The molecular formula is C5H8OS2. The standard InChI is InChI=1S/C5H8OS2/c1-3-4-7-5(2)8-6/h3,6H,1-2,4H2. The molecule has 0 fully saturated rings. The Morgan fingerprint density at radius 3 is 2.75 bits per heavy atom. The Hall–Kier alpha value is 0.140. The fraction of sp³-hybridized carbons (Fsp3) is 0.200. The summed E-state index contributed by atoms with van der Waals surface area (Å²) in [5.74, 6) is 0.812. The monoisotopic (exact) mass is 148 g/mol. The molecule has 0 aromatic heterocycles. The Morgan fingerprint density at radius 1 is 1.75 bits per heavy atom. The van der Waals surface area contributed by atoms with Crippen molar-refractivity contribution in [3.8, 4) is 0 Å². The Balaban J connectivity index is 3.11. The molecule has 0 atom stereocenters. The van der Waals surface area contributed by atoms with Gasteiger partial charge in [0.2, 0.25) is 0 Å². The molecule has 0 saturated carbocycles. The van der Waals surface area contributed by atoms with E-state index in [-0.39, 0.29) is 0 Å². The zero-order valence-corrected chi connectivity index (χ0v) is 6.10. The van der Waals surface area contributed by atoms with E-state index in [1.54, 1.807) is 6.08 Å². The first kappa shape index (κ1) is 8.14. The highest BCUT2D eigenvalue weighted by Gasteiger charge is 1.88. The molecule has 0 saturated heterocycles. The van der Waals surface area contributed by atoms with Crippen LogP contribution >= 0.6 is 23.8 Å². The van der Waals surface area contributed by atoms with Crippen LogP contribution in [0.5, 0.6) is 0 Å². The van der Waals surface area contributed by atoms with Crippen LogP contribution in [0.25, 0.3) is 0 Å². The molecule has 0 aliphatic rings. The van der Waals surface area contributed by atoms with Gasteiger partial charge in [-0.15, -0.1) is 18.3 Å². The Morgan fingerprint density at radius 2 is 2.38 bits per heavy atom.